The third kappa shape index (κ3) is 4.63. The summed E-state index contributed by atoms with van der Waals surface area (Å²) in [4.78, 5) is 0. The van der Waals surface area contributed by atoms with Crippen LogP contribution in [0.25, 0.3) is 0 Å². The van der Waals surface area contributed by atoms with Gasteiger partial charge in [0.1, 0.15) is 5.84 Å². The number of halogens is 6. The molecule has 0 unspecified atom stereocenters. The molecule has 0 aliphatic carbocycles. The summed E-state index contributed by atoms with van der Waals surface area (Å²) in [7, 11) is 0. The molecule has 0 bridgehead atoms. The number of nitrogens with one attached hydrogen (secondary N) is 3. The molecular formula is C15H11F6N3O. The van der Waals surface area contributed by atoms with Crippen LogP contribution in [0, 0.1) is 5.41 Å². The van der Waals surface area contributed by atoms with Gasteiger partial charge in [-0.05, 0) is 42.5 Å². The zero-order valence-corrected chi connectivity index (χ0v) is 12.3. The van der Waals surface area contributed by atoms with Crippen molar-refractivity contribution in [2.24, 2.45) is 0 Å². The first kappa shape index (κ1) is 18.6. The molecule has 4 N–H and O–H groups in total. The topological polar surface area (TPSA) is 68.1 Å². The van der Waals surface area contributed by atoms with Gasteiger partial charge in [0, 0.05) is 16.9 Å². The number of rotatable bonds is 3. The second kappa shape index (κ2) is 6.63. The van der Waals surface area contributed by atoms with Crippen molar-refractivity contribution < 1.29 is 31.5 Å². The molecule has 2 aromatic rings. The molecule has 0 spiro atoms. The van der Waals surface area contributed by atoms with Crippen molar-refractivity contribution in [2.45, 2.75) is 12.4 Å². The lowest BCUT2D eigenvalue weighted by Gasteiger charge is -2.15. The third-order valence-electron chi connectivity index (χ3n) is 3.16. The zero-order valence-electron chi connectivity index (χ0n) is 12.3. The smallest absolute Gasteiger partial charge is 0.356 e. The SMILES string of the molecule is N=C(NO)c1ccc(Nc2cc(C(F)(F)F)cc(C(F)(F)F)c2)cc1. The lowest BCUT2D eigenvalue weighted by molar-refractivity contribution is -0.143. The third-order valence-corrected chi connectivity index (χ3v) is 3.16. The number of anilines is 2. The molecule has 2 rings (SSSR count). The maximum Gasteiger partial charge on any atom is 0.416 e. The summed E-state index contributed by atoms with van der Waals surface area (Å²) >= 11 is 0. The first-order valence-electron chi connectivity index (χ1n) is 6.66. The highest BCUT2D eigenvalue weighted by molar-refractivity contribution is 5.95. The second-order valence-electron chi connectivity index (χ2n) is 4.98. The maximum absolute atomic E-state index is 12.8. The van der Waals surface area contributed by atoms with Gasteiger partial charge in [0.15, 0.2) is 0 Å². The first-order valence-corrected chi connectivity index (χ1v) is 6.66. The molecule has 0 aliphatic rings. The van der Waals surface area contributed by atoms with Gasteiger partial charge in [0.2, 0.25) is 0 Å². The Morgan fingerprint density at radius 3 is 1.68 bits per heavy atom. The Balaban J connectivity index is 2.37. The zero-order chi connectivity index (χ0) is 18.8. The average Bonchev–Trinajstić information content (AvgIpc) is 2.53. The quantitative estimate of drug-likeness (QED) is 0.275. The van der Waals surface area contributed by atoms with E-state index in [1.54, 1.807) is 5.48 Å². The van der Waals surface area contributed by atoms with Crippen molar-refractivity contribution in [2.75, 3.05) is 5.32 Å². The highest BCUT2D eigenvalue weighted by Crippen LogP contribution is 2.38. The molecular weight excluding hydrogens is 352 g/mol. The van der Waals surface area contributed by atoms with Crippen LogP contribution in [0.3, 0.4) is 0 Å². The monoisotopic (exact) mass is 363 g/mol. The molecule has 0 heterocycles. The molecule has 2 aromatic carbocycles. The Kier molecular flexibility index (Phi) is 4.93. The summed E-state index contributed by atoms with van der Waals surface area (Å²) in [5.41, 5.74) is -1.14. The van der Waals surface area contributed by atoms with E-state index < -0.39 is 23.5 Å². The van der Waals surface area contributed by atoms with Crippen molar-refractivity contribution >= 4 is 17.2 Å². The summed E-state index contributed by atoms with van der Waals surface area (Å²) in [6.45, 7) is 0. The van der Waals surface area contributed by atoms with E-state index >= 15 is 0 Å². The molecule has 0 aromatic heterocycles. The van der Waals surface area contributed by atoms with Gasteiger partial charge in [0.25, 0.3) is 0 Å². The molecule has 134 valence electrons. The fourth-order valence-corrected chi connectivity index (χ4v) is 1.98. The standard InChI is InChI=1S/C15H11F6N3O/c16-14(17,18)9-5-10(15(19,20)21)7-12(6-9)23-11-3-1-8(2-4-11)13(22)24-25/h1-7,23,25H,(H2,22,24). The molecule has 4 nitrogen and oxygen atoms in total. The number of hydrogen-bond donors (Lipinski definition) is 4. The van der Waals surface area contributed by atoms with Crippen molar-refractivity contribution in [3.8, 4) is 0 Å². The molecule has 0 saturated heterocycles. The van der Waals surface area contributed by atoms with E-state index in [9.17, 15) is 26.3 Å². The van der Waals surface area contributed by atoms with Crippen molar-refractivity contribution in [3.63, 3.8) is 0 Å². The second-order valence-corrected chi connectivity index (χ2v) is 4.98. The maximum atomic E-state index is 12.8. The first-order chi connectivity index (χ1) is 11.5. The van der Waals surface area contributed by atoms with Crippen LogP contribution in [-0.2, 0) is 12.4 Å². The minimum absolute atomic E-state index is 0.0442. The summed E-state index contributed by atoms with van der Waals surface area (Å²) in [5, 5.41) is 18.4. The Morgan fingerprint density at radius 1 is 0.800 bits per heavy atom. The van der Waals surface area contributed by atoms with E-state index in [2.05, 4.69) is 5.32 Å². The van der Waals surface area contributed by atoms with Crippen LogP contribution in [0.5, 0.6) is 0 Å². The number of amidine groups is 1. The van der Waals surface area contributed by atoms with Crippen LogP contribution < -0.4 is 10.8 Å². The molecule has 0 saturated carbocycles. The Bertz CT molecular complexity index is 736. The Hall–Kier alpha value is -2.75. The van der Waals surface area contributed by atoms with Gasteiger partial charge < -0.3 is 5.32 Å². The van der Waals surface area contributed by atoms with Gasteiger partial charge in [-0.2, -0.15) is 26.3 Å². The Labute approximate surface area is 137 Å². The molecule has 0 radical (unpaired) electrons. The van der Waals surface area contributed by atoms with E-state index in [1.807, 2.05) is 0 Å². The van der Waals surface area contributed by atoms with Gasteiger partial charge in [-0.3, -0.25) is 16.1 Å². The van der Waals surface area contributed by atoms with Gasteiger partial charge in [-0.25, -0.2) is 0 Å². The minimum Gasteiger partial charge on any atom is -0.356 e. The highest BCUT2D eigenvalue weighted by Gasteiger charge is 2.36. The summed E-state index contributed by atoms with van der Waals surface area (Å²) < 4.78 is 76.8. The van der Waals surface area contributed by atoms with Gasteiger partial charge in [-0.15, -0.1) is 0 Å². The van der Waals surface area contributed by atoms with Gasteiger partial charge in [-0.1, -0.05) is 0 Å². The van der Waals surface area contributed by atoms with E-state index in [0.717, 1.165) is 0 Å². The average molecular weight is 363 g/mol. The lowest BCUT2D eigenvalue weighted by atomic mass is 10.1. The molecule has 25 heavy (non-hydrogen) atoms. The van der Waals surface area contributed by atoms with Crippen LogP contribution >= 0.6 is 0 Å². The predicted octanol–water partition coefficient (Wildman–Crippen LogP) is 4.77. The number of hydroxylamine groups is 1. The Morgan fingerprint density at radius 2 is 1.28 bits per heavy atom. The van der Waals surface area contributed by atoms with E-state index in [0.29, 0.717) is 12.1 Å². The highest BCUT2D eigenvalue weighted by atomic mass is 19.4. The van der Waals surface area contributed by atoms with E-state index in [1.165, 1.54) is 24.3 Å². The van der Waals surface area contributed by atoms with Crippen LogP contribution in [-0.4, -0.2) is 11.0 Å². The molecule has 0 amide bonds. The summed E-state index contributed by atoms with van der Waals surface area (Å²) in [5.74, 6) is -0.315. The molecule has 0 atom stereocenters. The van der Waals surface area contributed by atoms with Gasteiger partial charge in [0.05, 0.1) is 11.1 Å². The molecule has 0 aliphatic heterocycles. The van der Waals surface area contributed by atoms with Crippen molar-refractivity contribution in [1.29, 1.82) is 5.41 Å². The predicted molar refractivity (Wildman–Crippen MR) is 77.9 cm³/mol. The van der Waals surface area contributed by atoms with Crippen molar-refractivity contribution in [1.82, 2.24) is 5.48 Å². The minimum atomic E-state index is -4.93. The van der Waals surface area contributed by atoms with Crippen LogP contribution in [0.1, 0.15) is 16.7 Å². The lowest BCUT2D eigenvalue weighted by Crippen LogP contribution is -2.18. The number of benzene rings is 2. The van der Waals surface area contributed by atoms with Crippen LogP contribution in [0.15, 0.2) is 42.5 Å². The van der Waals surface area contributed by atoms with Crippen LogP contribution in [0.2, 0.25) is 0 Å². The number of alkyl halides is 6. The fourth-order valence-electron chi connectivity index (χ4n) is 1.98. The number of hydrogen-bond acceptors (Lipinski definition) is 3. The summed E-state index contributed by atoms with van der Waals surface area (Å²) in [6.07, 6.45) is -9.85. The van der Waals surface area contributed by atoms with Crippen LogP contribution in [0.4, 0.5) is 37.7 Å². The molecule has 10 heteroatoms. The van der Waals surface area contributed by atoms with Crippen molar-refractivity contribution in [3.05, 3.63) is 59.2 Å². The largest absolute Gasteiger partial charge is 0.416 e. The van der Waals surface area contributed by atoms with E-state index in [4.69, 9.17) is 10.6 Å². The fraction of sp³-hybridized carbons (Fsp3) is 0.133. The molecule has 0 fully saturated rings. The normalized spacial score (nSPS) is 12.0. The van der Waals surface area contributed by atoms with E-state index in [-0.39, 0.29) is 28.8 Å². The summed E-state index contributed by atoms with van der Waals surface area (Å²) in [6, 6.07) is 6.57. The van der Waals surface area contributed by atoms with Gasteiger partial charge >= 0.3 is 12.4 Å².